The maximum absolute atomic E-state index is 13.3. The highest BCUT2D eigenvalue weighted by atomic mass is 35.5. The van der Waals surface area contributed by atoms with E-state index in [9.17, 15) is 49.5 Å². The minimum absolute atomic E-state index is 0.0643. The number of anilines is 5. The van der Waals surface area contributed by atoms with E-state index in [0.29, 0.717) is 103 Å². The van der Waals surface area contributed by atoms with Gasteiger partial charge in [-0.1, -0.05) is 196 Å². The first-order chi connectivity index (χ1) is 68.3. The van der Waals surface area contributed by atoms with Crippen LogP contribution in [0, 0.1) is 34.6 Å². The van der Waals surface area contributed by atoms with Crippen LogP contribution in [0.3, 0.4) is 0 Å². The Hall–Kier alpha value is -15.6. The molecule has 5 heterocycles. The predicted molar refractivity (Wildman–Crippen MR) is 572 cm³/mol. The second-order valence-electron chi connectivity index (χ2n) is 35.2. The number of hydrogen-bond donors (Lipinski definition) is 8. The highest BCUT2D eigenvalue weighted by molar-refractivity contribution is 6.35. The summed E-state index contributed by atoms with van der Waals surface area (Å²) in [4.78, 5) is 92.8. The molecule has 142 heavy (non-hydrogen) atoms. The van der Waals surface area contributed by atoms with Crippen molar-refractivity contribution >= 4 is 145 Å². The molecule has 25 heteroatoms. The number of amides is 5. The molecule has 0 radical (unpaired) electrons. The van der Waals surface area contributed by atoms with Crippen molar-refractivity contribution in [3.63, 3.8) is 0 Å². The topological polar surface area (TPSA) is 291 Å². The van der Waals surface area contributed by atoms with Crippen LogP contribution in [-0.2, 0) is 56.1 Å². The Kier molecular flexibility index (Phi) is 31.3. The number of halogens is 5. The van der Waals surface area contributed by atoms with Crippen molar-refractivity contribution in [1.29, 1.82) is 0 Å². The molecule has 15 aromatic rings. The Labute approximate surface area is 848 Å². The molecule has 0 aliphatic carbocycles. The number of carbonyl (C=O) groups is 5. The lowest BCUT2D eigenvalue weighted by molar-refractivity contribution is -0.120. The van der Waals surface area contributed by atoms with Crippen molar-refractivity contribution < 1.29 is 49.5 Å². The zero-order chi connectivity index (χ0) is 100. The van der Waals surface area contributed by atoms with E-state index in [1.807, 2.05) is 168 Å². The van der Waals surface area contributed by atoms with Crippen LogP contribution in [0.15, 0.2) is 359 Å². The largest absolute Gasteiger partial charge is 0.508 e. The minimum Gasteiger partial charge on any atom is -0.508 e. The van der Waals surface area contributed by atoms with E-state index in [4.69, 9.17) is 83.0 Å². The molecule has 5 atom stereocenters. The van der Waals surface area contributed by atoms with Gasteiger partial charge in [0.15, 0.2) is 0 Å². The van der Waals surface area contributed by atoms with E-state index in [-0.39, 0.29) is 58.3 Å². The summed E-state index contributed by atoms with van der Waals surface area (Å²) in [6.07, 6.45) is 2.52. The molecule has 0 bridgehead atoms. The third kappa shape index (κ3) is 24.3. The molecule has 0 saturated carbocycles. The lowest BCUT2D eigenvalue weighted by atomic mass is 9.99. The summed E-state index contributed by atoms with van der Waals surface area (Å²) in [6, 6.07) is 98.6. The number of hydrogen-bond acceptors (Lipinski definition) is 15. The van der Waals surface area contributed by atoms with Gasteiger partial charge in [0.2, 0.25) is 17.7 Å². The smallest absolute Gasteiger partial charge is 0.251 e. The SMILES string of the molecule is Cc1ccc(CC2N=C(c3ccc(O)cc3)c3cc(Cl)ccc3NC2=O)cc1.Cc1cccc(CC2N=C(c3ccc(O)cc3)c3cc(Cl)ccc3N(C)C2=O)c1.Cc1cccc(CC2N=C(c3ccc(O)cc3)c3cc(Cl)ccc3NC2=O)c1.Cc1ccccc1CC1N=C(c2ccc(O)cc2)c2cc(Cl)ccc2N(C)C1=O.Cc1ccccc1CC1N=C(c2ccc(O)cc2)c2cc(Cl)ccc2NC1=O. The summed E-state index contributed by atoms with van der Waals surface area (Å²) in [5, 5.41) is 60.1. The molecular formula is C117H99Cl5N10O10. The monoisotopic (exact) mass is 1980 g/mol. The highest BCUT2D eigenvalue weighted by Crippen LogP contribution is 2.38. The third-order valence-corrected chi connectivity index (χ3v) is 26.0. The van der Waals surface area contributed by atoms with Crippen molar-refractivity contribution in [1.82, 2.24) is 0 Å². The van der Waals surface area contributed by atoms with Crippen LogP contribution < -0.4 is 25.8 Å². The van der Waals surface area contributed by atoms with Crippen molar-refractivity contribution in [2.24, 2.45) is 25.0 Å². The zero-order valence-corrected chi connectivity index (χ0v) is 82.3. The van der Waals surface area contributed by atoms with Gasteiger partial charge in [-0.05, 0) is 286 Å². The average molecular weight is 1980 g/mol. The number of fused-ring (bicyclic) bond motifs is 5. The van der Waals surface area contributed by atoms with Crippen LogP contribution in [0.2, 0.25) is 25.1 Å². The number of aryl methyl sites for hydroxylation is 5. The predicted octanol–water partition coefficient (Wildman–Crippen LogP) is 23.8. The van der Waals surface area contributed by atoms with Gasteiger partial charge in [-0.15, -0.1) is 0 Å². The number of phenolic OH excluding ortho intramolecular Hbond substituents is 5. The summed E-state index contributed by atoms with van der Waals surface area (Å²) >= 11 is 31.2. The normalized spacial score (nSPS) is 16.1. The van der Waals surface area contributed by atoms with E-state index in [2.05, 4.69) is 28.1 Å². The summed E-state index contributed by atoms with van der Waals surface area (Å²) < 4.78 is 0. The first kappa shape index (κ1) is 99.5. The number of nitrogens with zero attached hydrogens (tertiary/aromatic N) is 7. The number of likely N-dealkylation sites (N-methyl/N-ethyl adjacent to an activating group) is 2. The summed E-state index contributed by atoms with van der Waals surface area (Å²) in [7, 11) is 3.54. The first-order valence-electron chi connectivity index (χ1n) is 45.9. The molecule has 20 rings (SSSR count). The number of rotatable bonds is 15. The van der Waals surface area contributed by atoms with E-state index < -0.39 is 30.2 Å². The van der Waals surface area contributed by atoms with Gasteiger partial charge in [0.05, 0.1) is 57.0 Å². The van der Waals surface area contributed by atoms with Crippen molar-refractivity contribution in [3.05, 3.63) is 470 Å². The van der Waals surface area contributed by atoms with Gasteiger partial charge in [0, 0.05) is 127 Å². The molecule has 0 aromatic heterocycles. The maximum Gasteiger partial charge on any atom is 0.251 e. The van der Waals surface area contributed by atoms with Gasteiger partial charge in [-0.3, -0.25) is 48.9 Å². The highest BCUT2D eigenvalue weighted by Gasteiger charge is 2.36. The first-order valence-corrected chi connectivity index (χ1v) is 47.8. The molecule has 712 valence electrons. The van der Waals surface area contributed by atoms with E-state index in [1.54, 1.807) is 212 Å². The fraction of sp³-hybridized carbons (Fsp3) is 0.145. The van der Waals surface area contributed by atoms with Gasteiger partial charge in [-0.25, -0.2) is 0 Å². The quantitative estimate of drug-likeness (QED) is 0.0480. The van der Waals surface area contributed by atoms with Gasteiger partial charge in [-0.2, -0.15) is 0 Å². The van der Waals surface area contributed by atoms with Crippen LogP contribution in [0.25, 0.3) is 0 Å². The van der Waals surface area contributed by atoms with E-state index >= 15 is 0 Å². The van der Waals surface area contributed by atoms with Gasteiger partial charge < -0.3 is 51.3 Å². The second-order valence-corrected chi connectivity index (χ2v) is 37.4. The zero-order valence-electron chi connectivity index (χ0n) is 78.5. The molecule has 0 fully saturated rings. The molecule has 5 amide bonds. The number of phenols is 5. The Bertz CT molecular complexity index is 7460. The second kappa shape index (κ2) is 44.7. The maximum atomic E-state index is 13.3. The molecular weight excluding hydrogens is 1880 g/mol. The lowest BCUT2D eigenvalue weighted by Crippen LogP contribution is -2.36. The molecule has 8 N–H and O–H groups in total. The summed E-state index contributed by atoms with van der Waals surface area (Å²) in [5.74, 6) is 0.295. The Balaban J connectivity index is 0.000000128. The van der Waals surface area contributed by atoms with Crippen LogP contribution in [0.4, 0.5) is 28.4 Å². The number of benzene rings is 15. The number of nitrogens with one attached hydrogen (secondary N) is 3. The van der Waals surface area contributed by atoms with Crippen LogP contribution in [0.5, 0.6) is 28.7 Å². The van der Waals surface area contributed by atoms with Gasteiger partial charge in [0.1, 0.15) is 59.0 Å². The average Bonchev–Trinajstić information content (AvgIpc) is 1.62. The Morgan fingerprint density at radius 2 is 0.528 bits per heavy atom. The minimum atomic E-state index is -0.573. The standard InChI is InChI=1S/2C24H21ClN2O2.3C23H19ClN2O2/c1-15-4-3-5-16(12-15)13-21-24(29)27(2)22-11-8-18(25)14-20(22)23(26-21)17-6-9-19(28)10-7-17;1-15-5-3-4-6-17(15)13-21-24(29)27(2)22-12-9-18(25)14-20(22)23(26-21)16-7-10-19(28)11-8-16;1-14-2-4-15(5-3-14)12-21-23(28)26-20-11-8-17(24)13-19(20)22(25-21)16-6-9-18(27)10-7-16;1-14-3-2-4-15(11-14)12-21-23(28)26-20-10-7-17(24)13-19(20)22(25-21)16-5-8-18(27)9-6-16;1-14-4-2-3-5-16(14)12-21-23(28)26-20-11-8-17(24)13-19(20)22(25-21)15-6-9-18(27)10-7-15/h2*3-12,14,21,28H,13H2,1-2H3;3*2-11,13,21,27H,12H2,1H3,(H,26,28). The fourth-order valence-electron chi connectivity index (χ4n) is 17.3. The van der Waals surface area contributed by atoms with Crippen LogP contribution >= 0.6 is 58.0 Å². The van der Waals surface area contributed by atoms with Crippen molar-refractivity contribution in [3.8, 4) is 28.7 Å². The molecule has 0 saturated heterocycles. The molecule has 0 spiro atoms. The number of aliphatic imine (C=N–C) groups is 5. The van der Waals surface area contributed by atoms with Crippen molar-refractivity contribution in [2.75, 3.05) is 39.8 Å². The molecule has 5 aliphatic heterocycles. The van der Waals surface area contributed by atoms with Gasteiger partial charge in [0.25, 0.3) is 11.8 Å². The Morgan fingerprint density at radius 1 is 0.261 bits per heavy atom. The molecule has 20 nitrogen and oxygen atoms in total. The number of aromatic hydroxyl groups is 5. The Morgan fingerprint density at radius 3 is 0.852 bits per heavy atom. The third-order valence-electron chi connectivity index (χ3n) is 24.8. The molecule has 15 aromatic carbocycles. The van der Waals surface area contributed by atoms with Crippen LogP contribution in [-0.4, -0.2) is 128 Å². The van der Waals surface area contributed by atoms with Crippen LogP contribution in [0.1, 0.15) is 111 Å². The van der Waals surface area contributed by atoms with E-state index in [1.165, 1.54) is 5.56 Å². The summed E-state index contributed by atoms with van der Waals surface area (Å²) in [5.41, 5.74) is 26.0. The van der Waals surface area contributed by atoms with Gasteiger partial charge >= 0.3 is 0 Å². The lowest BCUT2D eigenvalue weighted by Gasteiger charge is -2.21. The molecule has 5 aliphatic rings. The van der Waals surface area contributed by atoms with E-state index in [0.717, 1.165) is 117 Å². The molecule has 5 unspecified atom stereocenters. The summed E-state index contributed by atoms with van der Waals surface area (Å²) in [6.45, 7) is 10.2. The van der Waals surface area contributed by atoms with Crippen molar-refractivity contribution in [2.45, 2.75) is 96.9 Å². The number of carbonyl (C=O) groups excluding carboxylic acids is 5. The number of benzodiazepines with no additional fused rings is 5. The fourth-order valence-corrected chi connectivity index (χ4v) is 18.1.